The number of amides is 1. The topological polar surface area (TPSA) is 59.6 Å². The van der Waals surface area contributed by atoms with Crippen LogP contribution >= 0.6 is 0 Å². The summed E-state index contributed by atoms with van der Waals surface area (Å²) in [5.74, 6) is 0.179. The molecule has 2 rings (SSSR count). The van der Waals surface area contributed by atoms with Crippen LogP contribution in [0, 0.1) is 10.8 Å². The molecule has 0 aromatic heterocycles. The highest BCUT2D eigenvalue weighted by Gasteiger charge is 2.42. The Labute approximate surface area is 134 Å². The molecule has 0 unspecified atom stereocenters. The minimum absolute atomic E-state index is 0.179. The normalized spacial score (nSPS) is 22.8. The lowest BCUT2D eigenvalue weighted by Gasteiger charge is -2.43. The minimum atomic E-state index is -0.342. The first-order valence-corrected chi connectivity index (χ1v) is 8.72. The van der Waals surface area contributed by atoms with Gasteiger partial charge in [-0.2, -0.15) is 0 Å². The number of hydrogen-bond donors (Lipinski definition) is 2. The first kappa shape index (κ1) is 17.7. The molecular formula is C17H32N2O3. The van der Waals surface area contributed by atoms with Crippen molar-refractivity contribution in [3.63, 3.8) is 0 Å². The van der Waals surface area contributed by atoms with Crippen LogP contribution in [0.5, 0.6) is 0 Å². The van der Waals surface area contributed by atoms with Crippen LogP contribution in [0.15, 0.2) is 0 Å². The fourth-order valence-electron chi connectivity index (χ4n) is 3.70. The smallest absolute Gasteiger partial charge is 0.228 e. The summed E-state index contributed by atoms with van der Waals surface area (Å²) >= 11 is 0. The van der Waals surface area contributed by atoms with E-state index >= 15 is 0 Å². The van der Waals surface area contributed by atoms with Crippen molar-refractivity contribution in [2.75, 3.05) is 46.6 Å². The molecule has 1 amide bonds. The largest absolute Gasteiger partial charge is 0.384 e. The molecule has 2 fully saturated rings. The predicted octanol–water partition coefficient (Wildman–Crippen LogP) is 1.72. The first-order chi connectivity index (χ1) is 10.7. The molecule has 0 aromatic carbocycles. The first-order valence-electron chi connectivity index (χ1n) is 8.72. The van der Waals surface area contributed by atoms with Crippen LogP contribution < -0.4 is 10.6 Å². The summed E-state index contributed by atoms with van der Waals surface area (Å²) in [5.41, 5.74) is -0.0726. The van der Waals surface area contributed by atoms with Crippen molar-refractivity contribution in [2.45, 2.75) is 45.4 Å². The van der Waals surface area contributed by atoms with Crippen molar-refractivity contribution in [1.29, 1.82) is 0 Å². The van der Waals surface area contributed by atoms with Crippen LogP contribution in [-0.2, 0) is 14.3 Å². The van der Waals surface area contributed by atoms with Gasteiger partial charge in [-0.1, -0.05) is 6.42 Å². The number of methoxy groups -OCH3 is 1. The van der Waals surface area contributed by atoms with E-state index in [9.17, 15) is 4.79 Å². The average Bonchev–Trinajstić information content (AvgIpc) is 2.50. The van der Waals surface area contributed by atoms with Crippen LogP contribution in [0.25, 0.3) is 0 Å². The molecule has 5 nitrogen and oxygen atoms in total. The fourth-order valence-corrected chi connectivity index (χ4v) is 3.70. The van der Waals surface area contributed by atoms with Gasteiger partial charge in [0.2, 0.25) is 5.91 Å². The lowest BCUT2D eigenvalue weighted by Crippen LogP contribution is -2.53. The van der Waals surface area contributed by atoms with Crippen molar-refractivity contribution < 1.29 is 14.3 Å². The van der Waals surface area contributed by atoms with Crippen LogP contribution in [0.2, 0.25) is 0 Å². The van der Waals surface area contributed by atoms with Gasteiger partial charge in [-0.25, -0.2) is 0 Å². The zero-order chi connectivity index (χ0) is 15.9. The molecule has 0 atom stereocenters. The van der Waals surface area contributed by atoms with Crippen LogP contribution in [0.3, 0.4) is 0 Å². The molecule has 0 spiro atoms. The van der Waals surface area contributed by atoms with Crippen molar-refractivity contribution >= 4 is 5.91 Å². The number of hydrogen-bond acceptors (Lipinski definition) is 4. The fraction of sp³-hybridized carbons (Fsp3) is 0.941. The Bertz CT molecular complexity index is 344. The summed E-state index contributed by atoms with van der Waals surface area (Å²) < 4.78 is 10.9. The number of piperidine rings is 1. The van der Waals surface area contributed by atoms with Crippen LogP contribution in [-0.4, -0.2) is 52.5 Å². The van der Waals surface area contributed by atoms with Crippen molar-refractivity contribution in [3.05, 3.63) is 0 Å². The molecule has 1 aliphatic heterocycles. The van der Waals surface area contributed by atoms with E-state index < -0.39 is 0 Å². The number of carbonyl (C=O) groups is 1. The molecule has 2 aliphatic rings. The third-order valence-corrected chi connectivity index (χ3v) is 5.48. The third-order valence-electron chi connectivity index (χ3n) is 5.48. The Morgan fingerprint density at radius 2 is 1.95 bits per heavy atom. The highest BCUT2D eigenvalue weighted by atomic mass is 16.5. The molecule has 1 aliphatic carbocycles. The maximum absolute atomic E-state index is 12.8. The van der Waals surface area contributed by atoms with E-state index in [0.717, 1.165) is 52.1 Å². The number of ether oxygens (including phenoxy) is 2. The van der Waals surface area contributed by atoms with Gasteiger partial charge in [-0.3, -0.25) is 4.79 Å². The van der Waals surface area contributed by atoms with E-state index in [1.165, 1.54) is 19.3 Å². The molecule has 1 heterocycles. The van der Waals surface area contributed by atoms with E-state index in [-0.39, 0.29) is 16.7 Å². The van der Waals surface area contributed by atoms with E-state index in [2.05, 4.69) is 10.6 Å². The Balaban J connectivity index is 1.86. The number of carbonyl (C=O) groups excluding carboxylic acids is 1. The monoisotopic (exact) mass is 312 g/mol. The molecule has 5 heteroatoms. The summed E-state index contributed by atoms with van der Waals surface area (Å²) in [6, 6.07) is 0. The quantitative estimate of drug-likeness (QED) is 0.637. The number of rotatable bonds is 9. The van der Waals surface area contributed by atoms with Crippen LogP contribution in [0.1, 0.15) is 45.4 Å². The summed E-state index contributed by atoms with van der Waals surface area (Å²) in [6.07, 6.45) is 6.46. The van der Waals surface area contributed by atoms with Gasteiger partial charge in [0, 0.05) is 26.9 Å². The van der Waals surface area contributed by atoms with Crippen molar-refractivity contribution in [2.24, 2.45) is 10.8 Å². The summed E-state index contributed by atoms with van der Waals surface area (Å²) in [7, 11) is 1.69. The molecule has 2 N–H and O–H groups in total. The highest BCUT2D eigenvalue weighted by Crippen LogP contribution is 2.43. The highest BCUT2D eigenvalue weighted by molar-refractivity contribution is 5.83. The molecule has 0 bridgehead atoms. The van der Waals surface area contributed by atoms with E-state index in [1.54, 1.807) is 7.11 Å². The molecule has 22 heavy (non-hydrogen) atoms. The lowest BCUT2D eigenvalue weighted by atomic mass is 9.66. The van der Waals surface area contributed by atoms with Gasteiger partial charge in [0.05, 0.1) is 12.0 Å². The van der Waals surface area contributed by atoms with Gasteiger partial charge in [0.15, 0.2) is 0 Å². The van der Waals surface area contributed by atoms with Gasteiger partial charge in [0.1, 0.15) is 0 Å². The van der Waals surface area contributed by atoms with E-state index in [0.29, 0.717) is 6.61 Å². The Kier molecular flexibility index (Phi) is 6.66. The summed E-state index contributed by atoms with van der Waals surface area (Å²) in [5, 5.41) is 6.58. The Morgan fingerprint density at radius 1 is 1.23 bits per heavy atom. The van der Waals surface area contributed by atoms with Crippen molar-refractivity contribution in [1.82, 2.24) is 10.6 Å². The standard InChI is InChI=1S/C17H32N2O3/c1-3-22-12-9-16(5-4-6-16)13-19-15(20)17(14-21-2)7-10-18-11-8-17/h18H,3-14H2,1-2H3,(H,19,20). The Morgan fingerprint density at radius 3 is 2.50 bits per heavy atom. The zero-order valence-corrected chi connectivity index (χ0v) is 14.2. The molecule has 0 radical (unpaired) electrons. The minimum Gasteiger partial charge on any atom is -0.384 e. The second-order valence-electron chi connectivity index (χ2n) is 6.95. The maximum Gasteiger partial charge on any atom is 0.228 e. The SMILES string of the molecule is CCOCCC1(CNC(=O)C2(COC)CCNCC2)CCC1. The summed E-state index contributed by atoms with van der Waals surface area (Å²) in [4.78, 5) is 12.8. The van der Waals surface area contributed by atoms with E-state index in [4.69, 9.17) is 9.47 Å². The maximum atomic E-state index is 12.8. The zero-order valence-electron chi connectivity index (χ0n) is 14.2. The summed E-state index contributed by atoms with van der Waals surface area (Å²) in [6.45, 7) is 6.70. The van der Waals surface area contributed by atoms with Crippen LogP contribution in [0.4, 0.5) is 0 Å². The van der Waals surface area contributed by atoms with Gasteiger partial charge in [-0.15, -0.1) is 0 Å². The van der Waals surface area contributed by atoms with E-state index in [1.807, 2.05) is 6.92 Å². The molecule has 1 saturated carbocycles. The second kappa shape index (κ2) is 8.27. The lowest BCUT2D eigenvalue weighted by molar-refractivity contribution is -0.137. The van der Waals surface area contributed by atoms with Gasteiger partial charge >= 0.3 is 0 Å². The van der Waals surface area contributed by atoms with Gasteiger partial charge in [0.25, 0.3) is 0 Å². The van der Waals surface area contributed by atoms with Gasteiger partial charge in [-0.05, 0) is 57.5 Å². The van der Waals surface area contributed by atoms with Crippen molar-refractivity contribution in [3.8, 4) is 0 Å². The van der Waals surface area contributed by atoms with Gasteiger partial charge < -0.3 is 20.1 Å². The average molecular weight is 312 g/mol. The second-order valence-corrected chi connectivity index (χ2v) is 6.95. The predicted molar refractivity (Wildman–Crippen MR) is 86.8 cm³/mol. The molecule has 0 aromatic rings. The molecule has 128 valence electrons. The third kappa shape index (κ3) is 4.21. The number of nitrogens with one attached hydrogen (secondary N) is 2. The Hall–Kier alpha value is -0.650. The molecule has 1 saturated heterocycles. The molecular weight excluding hydrogens is 280 g/mol.